The highest BCUT2D eigenvalue weighted by atomic mass is 79.9. The Balaban J connectivity index is 1.92. The molecular weight excluding hydrogens is 318 g/mol. The third kappa shape index (κ3) is 3.43. The molecule has 1 amide bonds. The fourth-order valence-electron chi connectivity index (χ4n) is 3.02. The number of nitrogens with one attached hydrogen (secondary N) is 1. The van der Waals surface area contributed by atoms with E-state index in [2.05, 4.69) is 47.1 Å². The van der Waals surface area contributed by atoms with Crippen LogP contribution in [0.3, 0.4) is 0 Å². The summed E-state index contributed by atoms with van der Waals surface area (Å²) in [5.41, 5.74) is 0.975. The van der Waals surface area contributed by atoms with Crippen molar-refractivity contribution in [3.05, 3.63) is 16.4 Å². The molecule has 0 spiro atoms. The molecule has 0 radical (unpaired) electrons. The summed E-state index contributed by atoms with van der Waals surface area (Å²) >= 11 is 3.37. The van der Waals surface area contributed by atoms with Crippen molar-refractivity contribution in [2.24, 2.45) is 18.4 Å². The Morgan fingerprint density at radius 3 is 2.40 bits per heavy atom. The molecular formula is C15H24BrN3O. The summed E-state index contributed by atoms with van der Waals surface area (Å²) in [6, 6.07) is 0.294. The van der Waals surface area contributed by atoms with Crippen molar-refractivity contribution < 1.29 is 4.79 Å². The lowest BCUT2D eigenvalue weighted by atomic mass is 9.71. The largest absolute Gasteiger partial charge is 0.348 e. The predicted octanol–water partition coefficient (Wildman–Crippen LogP) is 3.52. The van der Waals surface area contributed by atoms with Crippen LogP contribution in [-0.4, -0.2) is 21.7 Å². The smallest absolute Gasteiger partial charge is 0.270 e. The SMILES string of the molecule is Cn1ncc(Br)c1C(=O)NC1CCC(C(C)(C)C)CC1. The molecule has 0 saturated heterocycles. The van der Waals surface area contributed by atoms with Crippen molar-refractivity contribution in [3.8, 4) is 0 Å². The molecule has 1 N–H and O–H groups in total. The van der Waals surface area contributed by atoms with Crippen molar-refractivity contribution in [2.45, 2.75) is 52.5 Å². The lowest BCUT2D eigenvalue weighted by Gasteiger charge is -2.37. The van der Waals surface area contributed by atoms with E-state index in [0.717, 1.165) is 23.2 Å². The molecule has 112 valence electrons. The molecule has 20 heavy (non-hydrogen) atoms. The number of amides is 1. The summed E-state index contributed by atoms with van der Waals surface area (Å²) in [7, 11) is 1.79. The Morgan fingerprint density at radius 2 is 1.95 bits per heavy atom. The summed E-state index contributed by atoms with van der Waals surface area (Å²) in [5.74, 6) is 0.732. The molecule has 2 rings (SSSR count). The quantitative estimate of drug-likeness (QED) is 0.894. The van der Waals surface area contributed by atoms with E-state index in [1.165, 1.54) is 12.8 Å². The molecule has 4 nitrogen and oxygen atoms in total. The van der Waals surface area contributed by atoms with Crippen LogP contribution in [0.5, 0.6) is 0 Å². The molecule has 5 heteroatoms. The number of carbonyl (C=O) groups is 1. The second-order valence-corrected chi connectivity index (χ2v) is 7.71. The standard InChI is InChI=1S/C15H24BrN3O/c1-15(2,3)10-5-7-11(8-6-10)18-14(20)13-12(16)9-17-19(13)4/h9-11H,5-8H2,1-4H3,(H,18,20). The molecule has 1 aromatic rings. The topological polar surface area (TPSA) is 46.9 Å². The molecule has 1 heterocycles. The summed E-state index contributed by atoms with van der Waals surface area (Å²) in [6.45, 7) is 6.93. The second-order valence-electron chi connectivity index (χ2n) is 6.85. The lowest BCUT2D eigenvalue weighted by molar-refractivity contribution is 0.0894. The number of rotatable bonds is 2. The maximum atomic E-state index is 12.3. The minimum atomic E-state index is -0.0314. The van der Waals surface area contributed by atoms with E-state index in [4.69, 9.17) is 0 Å². The maximum absolute atomic E-state index is 12.3. The third-order valence-electron chi connectivity index (χ3n) is 4.40. The van der Waals surface area contributed by atoms with Crippen LogP contribution in [0.25, 0.3) is 0 Å². The van der Waals surface area contributed by atoms with Gasteiger partial charge in [-0.05, 0) is 52.9 Å². The first-order valence-electron chi connectivity index (χ1n) is 7.27. The lowest BCUT2D eigenvalue weighted by Crippen LogP contribution is -2.40. The number of carbonyl (C=O) groups excluding carboxylic acids is 1. The Bertz CT molecular complexity index is 462. The Kier molecular flexibility index (Phi) is 4.57. The van der Waals surface area contributed by atoms with Gasteiger partial charge in [-0.15, -0.1) is 0 Å². The van der Waals surface area contributed by atoms with E-state index >= 15 is 0 Å². The normalized spacial score (nSPS) is 23.6. The van der Waals surface area contributed by atoms with Crippen LogP contribution in [0.15, 0.2) is 10.7 Å². The van der Waals surface area contributed by atoms with Crippen LogP contribution in [0.4, 0.5) is 0 Å². The van der Waals surface area contributed by atoms with Gasteiger partial charge in [0.1, 0.15) is 5.69 Å². The van der Waals surface area contributed by atoms with Crippen molar-refractivity contribution in [2.75, 3.05) is 0 Å². The van der Waals surface area contributed by atoms with Gasteiger partial charge in [0.2, 0.25) is 0 Å². The molecule has 0 atom stereocenters. The van der Waals surface area contributed by atoms with Crippen molar-refractivity contribution in [3.63, 3.8) is 0 Å². The van der Waals surface area contributed by atoms with Crippen LogP contribution >= 0.6 is 15.9 Å². The number of aryl methyl sites for hydroxylation is 1. The van der Waals surface area contributed by atoms with Crippen LogP contribution in [0, 0.1) is 11.3 Å². The molecule has 1 saturated carbocycles. The number of hydrogen-bond donors (Lipinski definition) is 1. The van der Waals surface area contributed by atoms with Crippen molar-refractivity contribution in [1.29, 1.82) is 0 Å². The fraction of sp³-hybridized carbons (Fsp3) is 0.733. The molecule has 0 aromatic carbocycles. The van der Waals surface area contributed by atoms with Gasteiger partial charge in [0.05, 0.1) is 10.7 Å². The first-order valence-corrected chi connectivity index (χ1v) is 8.06. The average molecular weight is 342 g/mol. The van der Waals surface area contributed by atoms with Gasteiger partial charge in [0, 0.05) is 13.1 Å². The summed E-state index contributed by atoms with van der Waals surface area (Å²) in [5, 5.41) is 7.23. The summed E-state index contributed by atoms with van der Waals surface area (Å²) < 4.78 is 2.36. The molecule has 1 aliphatic rings. The van der Waals surface area contributed by atoms with Crippen LogP contribution in [0.2, 0.25) is 0 Å². The Morgan fingerprint density at radius 1 is 1.35 bits per heavy atom. The number of nitrogens with zero attached hydrogens (tertiary/aromatic N) is 2. The first kappa shape index (κ1) is 15.5. The van der Waals surface area contributed by atoms with Crippen LogP contribution in [-0.2, 0) is 7.05 Å². The van der Waals surface area contributed by atoms with Gasteiger partial charge in [-0.3, -0.25) is 9.48 Å². The third-order valence-corrected chi connectivity index (χ3v) is 4.98. The minimum Gasteiger partial charge on any atom is -0.348 e. The van der Waals surface area contributed by atoms with Gasteiger partial charge < -0.3 is 5.32 Å². The number of aromatic nitrogens is 2. The van der Waals surface area contributed by atoms with E-state index in [-0.39, 0.29) is 5.91 Å². The average Bonchev–Trinajstić information content (AvgIpc) is 2.68. The molecule has 1 aliphatic carbocycles. The highest BCUT2D eigenvalue weighted by molar-refractivity contribution is 9.10. The van der Waals surface area contributed by atoms with Gasteiger partial charge in [-0.2, -0.15) is 5.10 Å². The van der Waals surface area contributed by atoms with Gasteiger partial charge in [-0.1, -0.05) is 20.8 Å². The van der Waals surface area contributed by atoms with E-state index in [1.54, 1.807) is 17.9 Å². The summed E-state index contributed by atoms with van der Waals surface area (Å²) in [6.07, 6.45) is 6.19. The van der Waals surface area contributed by atoms with Gasteiger partial charge >= 0.3 is 0 Å². The fourth-order valence-corrected chi connectivity index (χ4v) is 3.55. The molecule has 0 aliphatic heterocycles. The van der Waals surface area contributed by atoms with Crippen molar-refractivity contribution >= 4 is 21.8 Å². The van der Waals surface area contributed by atoms with Gasteiger partial charge in [0.25, 0.3) is 5.91 Å². The van der Waals surface area contributed by atoms with Crippen LogP contribution < -0.4 is 5.32 Å². The molecule has 1 fully saturated rings. The van der Waals surface area contributed by atoms with Gasteiger partial charge in [-0.25, -0.2) is 0 Å². The van der Waals surface area contributed by atoms with Crippen LogP contribution in [0.1, 0.15) is 56.9 Å². The monoisotopic (exact) mass is 341 g/mol. The number of halogens is 1. The molecule has 0 unspecified atom stereocenters. The maximum Gasteiger partial charge on any atom is 0.270 e. The van der Waals surface area contributed by atoms with E-state index in [0.29, 0.717) is 17.2 Å². The Hall–Kier alpha value is -0.840. The highest BCUT2D eigenvalue weighted by Gasteiger charge is 2.30. The Labute approximate surface area is 129 Å². The first-order chi connectivity index (χ1) is 9.29. The van der Waals surface area contributed by atoms with Crippen molar-refractivity contribution in [1.82, 2.24) is 15.1 Å². The second kappa shape index (κ2) is 5.88. The molecule has 0 bridgehead atoms. The highest BCUT2D eigenvalue weighted by Crippen LogP contribution is 2.37. The molecule has 1 aromatic heterocycles. The van der Waals surface area contributed by atoms with E-state index in [1.807, 2.05) is 0 Å². The zero-order valence-corrected chi connectivity index (χ0v) is 14.3. The van der Waals surface area contributed by atoms with E-state index < -0.39 is 0 Å². The zero-order valence-electron chi connectivity index (χ0n) is 12.7. The van der Waals surface area contributed by atoms with Gasteiger partial charge in [0.15, 0.2) is 0 Å². The minimum absolute atomic E-state index is 0.0314. The zero-order chi connectivity index (χ0) is 14.9. The number of hydrogen-bond acceptors (Lipinski definition) is 2. The predicted molar refractivity (Wildman–Crippen MR) is 83.6 cm³/mol. The van der Waals surface area contributed by atoms with E-state index in [9.17, 15) is 4.79 Å². The summed E-state index contributed by atoms with van der Waals surface area (Å²) in [4.78, 5) is 12.3.